The number of carbonyl (C=O) groups is 2. The average molecular weight is 418 g/mol. The summed E-state index contributed by atoms with van der Waals surface area (Å²) in [5, 5.41) is 0. The van der Waals surface area contributed by atoms with E-state index in [1.54, 1.807) is 11.9 Å². The fraction of sp³-hybridized carbons (Fsp3) is 0.667. The fourth-order valence-corrected chi connectivity index (χ4v) is 3.94. The van der Waals surface area contributed by atoms with Crippen molar-refractivity contribution in [3.05, 3.63) is 29.8 Å². The molecule has 1 saturated heterocycles. The van der Waals surface area contributed by atoms with Crippen molar-refractivity contribution < 1.29 is 14.3 Å². The summed E-state index contributed by atoms with van der Waals surface area (Å²) in [6.45, 7) is 15.2. The lowest BCUT2D eigenvalue weighted by Gasteiger charge is -2.34. The molecule has 0 saturated carbocycles. The third-order valence-electron chi connectivity index (χ3n) is 5.55. The first-order chi connectivity index (χ1) is 14.0. The molecule has 0 radical (unpaired) electrons. The lowest BCUT2D eigenvalue weighted by Crippen LogP contribution is -2.43. The van der Waals surface area contributed by atoms with E-state index in [1.165, 1.54) is 0 Å². The lowest BCUT2D eigenvalue weighted by molar-refractivity contribution is 0.0246. The summed E-state index contributed by atoms with van der Waals surface area (Å²) in [7, 11) is 1.78. The van der Waals surface area contributed by atoms with Crippen molar-refractivity contribution in [3.8, 4) is 0 Å². The number of carbonyl (C=O) groups excluding carboxylic acids is 2. The fourth-order valence-electron chi connectivity index (χ4n) is 3.94. The van der Waals surface area contributed by atoms with E-state index in [1.807, 2.05) is 49.9 Å². The molecule has 1 fully saturated rings. The van der Waals surface area contributed by atoms with E-state index in [-0.39, 0.29) is 12.0 Å². The van der Waals surface area contributed by atoms with Gasteiger partial charge < -0.3 is 19.4 Å². The molecule has 6 heteroatoms. The number of nitrogens with zero attached hydrogens (tertiary/aromatic N) is 3. The molecule has 0 bridgehead atoms. The number of hydrogen-bond donors (Lipinski definition) is 0. The highest BCUT2D eigenvalue weighted by Gasteiger charge is 2.27. The van der Waals surface area contributed by atoms with Gasteiger partial charge in [-0.05, 0) is 84.6 Å². The van der Waals surface area contributed by atoms with Gasteiger partial charge in [-0.3, -0.25) is 4.79 Å². The quantitative estimate of drug-likeness (QED) is 0.677. The van der Waals surface area contributed by atoms with Crippen LogP contribution in [0.25, 0.3) is 0 Å². The highest BCUT2D eigenvalue weighted by molar-refractivity contribution is 5.94. The average Bonchev–Trinajstić information content (AvgIpc) is 2.67. The van der Waals surface area contributed by atoms with E-state index < -0.39 is 5.60 Å². The van der Waals surface area contributed by atoms with Gasteiger partial charge in [-0.15, -0.1) is 0 Å². The summed E-state index contributed by atoms with van der Waals surface area (Å²) in [4.78, 5) is 31.0. The van der Waals surface area contributed by atoms with Gasteiger partial charge in [-0.25, -0.2) is 4.79 Å². The minimum absolute atomic E-state index is 0.0908. The molecule has 0 aromatic heterocycles. The van der Waals surface area contributed by atoms with Crippen LogP contribution >= 0.6 is 0 Å². The number of hydrogen-bond acceptors (Lipinski definition) is 4. The van der Waals surface area contributed by atoms with Gasteiger partial charge in [0.1, 0.15) is 5.60 Å². The molecule has 2 rings (SSSR count). The van der Waals surface area contributed by atoms with Crippen LogP contribution < -0.4 is 4.90 Å². The smallest absolute Gasteiger partial charge is 0.410 e. The molecule has 0 aliphatic carbocycles. The normalized spacial score (nSPS) is 15.3. The Balaban J connectivity index is 1.87. The second-order valence-electron chi connectivity index (χ2n) is 9.52. The Kier molecular flexibility index (Phi) is 8.16. The number of ether oxygens (including phenoxy) is 1. The van der Waals surface area contributed by atoms with Gasteiger partial charge in [-0.1, -0.05) is 0 Å². The van der Waals surface area contributed by atoms with Gasteiger partial charge in [0.2, 0.25) is 0 Å². The van der Waals surface area contributed by atoms with Crippen molar-refractivity contribution in [1.82, 2.24) is 9.80 Å². The standard InChI is InChI=1S/C24H39N3O3/c1-8-27(18(2)3)21-11-9-20(10-12-21)22(28)26-15-13-19(14-16-26)17-25(7)23(29)30-24(4,5)6/h9-12,18-19H,8,13-17H2,1-7H3. The van der Waals surface area contributed by atoms with Crippen LogP contribution in [0.1, 0.15) is 64.7 Å². The molecule has 1 aromatic carbocycles. The Bertz CT molecular complexity index is 701. The maximum atomic E-state index is 12.9. The molecule has 0 atom stereocenters. The SMILES string of the molecule is CCN(c1ccc(C(=O)N2CCC(CN(C)C(=O)OC(C)(C)C)CC2)cc1)C(C)C. The zero-order valence-electron chi connectivity index (χ0n) is 19.8. The lowest BCUT2D eigenvalue weighted by atomic mass is 9.96. The predicted molar refractivity (Wildman–Crippen MR) is 122 cm³/mol. The Morgan fingerprint density at radius 3 is 2.17 bits per heavy atom. The molecule has 1 aliphatic rings. The van der Waals surface area contributed by atoms with Gasteiger partial charge >= 0.3 is 6.09 Å². The first-order valence-electron chi connectivity index (χ1n) is 11.1. The van der Waals surface area contributed by atoms with E-state index in [2.05, 4.69) is 25.7 Å². The zero-order valence-corrected chi connectivity index (χ0v) is 19.8. The summed E-state index contributed by atoms with van der Waals surface area (Å²) in [5.74, 6) is 0.478. The summed E-state index contributed by atoms with van der Waals surface area (Å²) in [6.07, 6.45) is 1.51. The second-order valence-corrected chi connectivity index (χ2v) is 9.52. The summed E-state index contributed by atoms with van der Waals surface area (Å²) in [5.41, 5.74) is 1.40. The van der Waals surface area contributed by atoms with Crippen molar-refractivity contribution in [2.75, 3.05) is 38.1 Å². The molecular formula is C24H39N3O3. The van der Waals surface area contributed by atoms with Crippen molar-refractivity contribution >= 4 is 17.7 Å². The third-order valence-corrected chi connectivity index (χ3v) is 5.55. The van der Waals surface area contributed by atoms with Crippen LogP contribution in [-0.4, -0.2) is 66.7 Å². The Labute approximate surface area is 182 Å². The van der Waals surface area contributed by atoms with Crippen LogP contribution in [0, 0.1) is 5.92 Å². The highest BCUT2D eigenvalue weighted by atomic mass is 16.6. The molecule has 2 amide bonds. The van der Waals surface area contributed by atoms with Gasteiger partial charge in [0.25, 0.3) is 5.91 Å². The Morgan fingerprint density at radius 1 is 1.13 bits per heavy atom. The molecule has 168 valence electrons. The summed E-state index contributed by atoms with van der Waals surface area (Å²) in [6, 6.07) is 8.38. The number of likely N-dealkylation sites (tertiary alicyclic amines) is 1. The molecule has 30 heavy (non-hydrogen) atoms. The molecule has 6 nitrogen and oxygen atoms in total. The number of anilines is 1. The highest BCUT2D eigenvalue weighted by Crippen LogP contribution is 2.23. The number of amides is 2. The van der Waals surface area contributed by atoms with E-state index >= 15 is 0 Å². The zero-order chi connectivity index (χ0) is 22.5. The van der Waals surface area contributed by atoms with Crippen LogP contribution in [-0.2, 0) is 4.74 Å². The molecule has 0 unspecified atom stereocenters. The van der Waals surface area contributed by atoms with Crippen LogP contribution in [0.4, 0.5) is 10.5 Å². The van der Waals surface area contributed by atoms with Gasteiger partial charge in [0.15, 0.2) is 0 Å². The maximum Gasteiger partial charge on any atom is 0.410 e. The van der Waals surface area contributed by atoms with Crippen LogP contribution in [0.3, 0.4) is 0 Å². The van der Waals surface area contributed by atoms with Crippen LogP contribution in [0.15, 0.2) is 24.3 Å². The van der Waals surface area contributed by atoms with E-state index in [4.69, 9.17) is 4.74 Å². The van der Waals surface area contributed by atoms with Crippen molar-refractivity contribution in [2.24, 2.45) is 5.92 Å². The molecule has 1 heterocycles. The maximum absolute atomic E-state index is 12.9. The van der Waals surface area contributed by atoms with E-state index in [9.17, 15) is 9.59 Å². The molecule has 0 N–H and O–H groups in total. The minimum atomic E-state index is -0.486. The first-order valence-corrected chi connectivity index (χ1v) is 11.1. The van der Waals surface area contributed by atoms with Crippen molar-refractivity contribution in [2.45, 2.75) is 66.0 Å². The van der Waals surface area contributed by atoms with Gasteiger partial charge in [-0.2, -0.15) is 0 Å². The van der Waals surface area contributed by atoms with Gasteiger partial charge in [0.05, 0.1) is 0 Å². The number of rotatable bonds is 6. The number of piperidine rings is 1. The first kappa shape index (κ1) is 24.0. The predicted octanol–water partition coefficient (Wildman–Crippen LogP) is 4.64. The molecular weight excluding hydrogens is 378 g/mol. The van der Waals surface area contributed by atoms with E-state index in [0.717, 1.165) is 43.7 Å². The molecule has 0 spiro atoms. The minimum Gasteiger partial charge on any atom is -0.444 e. The summed E-state index contributed by atoms with van der Waals surface area (Å²) >= 11 is 0. The molecule has 1 aliphatic heterocycles. The topological polar surface area (TPSA) is 53.1 Å². The van der Waals surface area contributed by atoms with Gasteiger partial charge in [0, 0.05) is 50.5 Å². The van der Waals surface area contributed by atoms with E-state index in [0.29, 0.717) is 18.5 Å². The Hall–Kier alpha value is -2.24. The second kappa shape index (κ2) is 10.2. The summed E-state index contributed by atoms with van der Waals surface area (Å²) < 4.78 is 5.43. The number of benzene rings is 1. The largest absolute Gasteiger partial charge is 0.444 e. The molecule has 1 aromatic rings. The van der Waals surface area contributed by atoms with Crippen molar-refractivity contribution in [3.63, 3.8) is 0 Å². The van der Waals surface area contributed by atoms with Crippen LogP contribution in [0.5, 0.6) is 0 Å². The van der Waals surface area contributed by atoms with Crippen LogP contribution in [0.2, 0.25) is 0 Å². The third kappa shape index (κ3) is 6.64. The monoisotopic (exact) mass is 417 g/mol. The van der Waals surface area contributed by atoms with Crippen molar-refractivity contribution in [1.29, 1.82) is 0 Å². The Morgan fingerprint density at radius 2 is 1.70 bits per heavy atom.